The summed E-state index contributed by atoms with van der Waals surface area (Å²) in [5.41, 5.74) is 6.53. The molecule has 0 aromatic heterocycles. The van der Waals surface area contributed by atoms with Crippen molar-refractivity contribution >= 4 is 35.6 Å². The number of carbonyl (C=O) groups is 6. The molecule has 3 amide bonds. The first-order valence-corrected chi connectivity index (χ1v) is 12.4. The Morgan fingerprint density at radius 2 is 1.23 bits per heavy atom. The van der Waals surface area contributed by atoms with Crippen molar-refractivity contribution in [1.29, 1.82) is 0 Å². The number of amides is 3. The minimum Gasteiger partial charge on any atom is -0.508 e. The van der Waals surface area contributed by atoms with Crippen LogP contribution in [0, 0.1) is 5.92 Å². The van der Waals surface area contributed by atoms with E-state index in [-0.39, 0.29) is 18.1 Å². The Labute approximate surface area is 225 Å². The molecule has 5 unspecified atom stereocenters. The first-order valence-electron chi connectivity index (χ1n) is 12.4. The van der Waals surface area contributed by atoms with Gasteiger partial charge in [0.1, 0.15) is 23.9 Å². The van der Waals surface area contributed by atoms with Crippen LogP contribution in [0.3, 0.4) is 0 Å². The normalized spacial score (nSPS) is 14.6. The first-order chi connectivity index (χ1) is 18.2. The molecule has 0 aliphatic heterocycles. The van der Waals surface area contributed by atoms with E-state index in [1.165, 1.54) is 24.3 Å². The van der Waals surface area contributed by atoms with E-state index in [2.05, 4.69) is 16.0 Å². The molecule has 0 aliphatic rings. The molecule has 1 rings (SSSR count). The molecule has 1 aromatic carbocycles. The second-order valence-electron chi connectivity index (χ2n) is 9.17. The SMILES string of the molecule is CCC(C)C(N)C(=O)NC(Cc1ccc(O)cc1)C(=O)NC(CCC(=O)O)C(=O)NC(CCC(=O)O)C(=O)O. The molecule has 9 N–H and O–H groups in total. The van der Waals surface area contributed by atoms with Gasteiger partial charge in [0.2, 0.25) is 17.7 Å². The highest BCUT2D eigenvalue weighted by Gasteiger charge is 2.31. The van der Waals surface area contributed by atoms with Gasteiger partial charge in [-0.05, 0) is 36.5 Å². The number of carboxylic acids is 3. The number of hydrogen-bond acceptors (Lipinski definition) is 8. The molecular formula is C25H36N4O10. The summed E-state index contributed by atoms with van der Waals surface area (Å²) in [7, 11) is 0. The quantitative estimate of drug-likeness (QED) is 0.123. The molecule has 0 aliphatic carbocycles. The number of aromatic hydroxyl groups is 1. The molecule has 0 radical (unpaired) electrons. The van der Waals surface area contributed by atoms with E-state index in [0.29, 0.717) is 12.0 Å². The molecule has 14 nitrogen and oxygen atoms in total. The summed E-state index contributed by atoms with van der Waals surface area (Å²) in [6, 6.07) is 0.477. The van der Waals surface area contributed by atoms with E-state index in [1.54, 1.807) is 6.92 Å². The molecule has 5 atom stereocenters. The van der Waals surface area contributed by atoms with Gasteiger partial charge in [-0.1, -0.05) is 32.4 Å². The third-order valence-electron chi connectivity index (χ3n) is 6.11. The first kappa shape index (κ1) is 32.8. The number of carboxylic acid groups (broad SMARTS) is 3. The van der Waals surface area contributed by atoms with E-state index < -0.39 is 85.5 Å². The fourth-order valence-electron chi connectivity index (χ4n) is 3.46. The Morgan fingerprint density at radius 3 is 1.72 bits per heavy atom. The van der Waals surface area contributed by atoms with Gasteiger partial charge in [-0.2, -0.15) is 0 Å². The maximum absolute atomic E-state index is 13.3. The summed E-state index contributed by atoms with van der Waals surface area (Å²) in [6.07, 6.45) is -1.45. The monoisotopic (exact) mass is 552 g/mol. The zero-order chi connectivity index (χ0) is 29.7. The molecule has 0 saturated heterocycles. The van der Waals surface area contributed by atoms with Gasteiger partial charge in [0, 0.05) is 19.3 Å². The fourth-order valence-corrected chi connectivity index (χ4v) is 3.46. The van der Waals surface area contributed by atoms with Crippen molar-refractivity contribution in [2.75, 3.05) is 0 Å². The van der Waals surface area contributed by atoms with Crippen LogP contribution < -0.4 is 21.7 Å². The summed E-state index contributed by atoms with van der Waals surface area (Å²) in [4.78, 5) is 72.3. The van der Waals surface area contributed by atoms with Crippen molar-refractivity contribution in [2.45, 2.75) is 76.5 Å². The molecule has 0 fully saturated rings. The van der Waals surface area contributed by atoms with E-state index in [9.17, 15) is 39.0 Å². The zero-order valence-corrected chi connectivity index (χ0v) is 21.8. The third-order valence-corrected chi connectivity index (χ3v) is 6.11. The average molecular weight is 553 g/mol. The second kappa shape index (κ2) is 15.9. The van der Waals surface area contributed by atoms with Crippen LogP contribution in [0.15, 0.2) is 24.3 Å². The predicted octanol–water partition coefficient (Wildman–Crippen LogP) is -0.423. The average Bonchev–Trinajstić information content (AvgIpc) is 2.87. The summed E-state index contributed by atoms with van der Waals surface area (Å²) >= 11 is 0. The van der Waals surface area contributed by atoms with Crippen LogP contribution in [0.25, 0.3) is 0 Å². The summed E-state index contributed by atoms with van der Waals surface area (Å²) in [6.45, 7) is 3.60. The molecule has 0 saturated carbocycles. The minimum absolute atomic E-state index is 0.0242. The van der Waals surface area contributed by atoms with Crippen LogP contribution >= 0.6 is 0 Å². The Morgan fingerprint density at radius 1 is 0.769 bits per heavy atom. The predicted molar refractivity (Wildman–Crippen MR) is 136 cm³/mol. The minimum atomic E-state index is -1.60. The lowest BCUT2D eigenvalue weighted by molar-refractivity contribution is -0.144. The molecule has 0 spiro atoms. The maximum atomic E-state index is 13.3. The Hall–Kier alpha value is -4.20. The second-order valence-corrected chi connectivity index (χ2v) is 9.17. The number of nitrogens with two attached hydrogens (primary N) is 1. The largest absolute Gasteiger partial charge is 0.508 e. The van der Waals surface area contributed by atoms with Crippen LogP contribution in [0.2, 0.25) is 0 Å². The lowest BCUT2D eigenvalue weighted by Crippen LogP contribution is -2.58. The highest BCUT2D eigenvalue weighted by atomic mass is 16.4. The number of nitrogens with one attached hydrogen (secondary N) is 3. The molecule has 14 heteroatoms. The standard InChI is InChI=1S/C25H36N4O10/c1-3-13(2)21(26)24(37)29-18(12-14-4-6-15(30)7-5-14)23(36)27-16(8-10-19(31)32)22(35)28-17(25(38)39)9-11-20(33)34/h4-7,13,16-18,21,30H,3,8-12,26H2,1-2H3,(H,27,36)(H,28,35)(H,29,37)(H,31,32)(H,33,34)(H,38,39). The number of rotatable bonds is 17. The van der Waals surface area contributed by atoms with E-state index >= 15 is 0 Å². The molecular weight excluding hydrogens is 516 g/mol. The van der Waals surface area contributed by atoms with Crippen molar-refractivity contribution in [3.05, 3.63) is 29.8 Å². The molecule has 216 valence electrons. The van der Waals surface area contributed by atoms with Crippen LogP contribution in [0.5, 0.6) is 5.75 Å². The Kier molecular flexibility index (Phi) is 13.4. The van der Waals surface area contributed by atoms with Crippen LogP contribution in [0.4, 0.5) is 0 Å². The van der Waals surface area contributed by atoms with Gasteiger partial charge in [-0.15, -0.1) is 0 Å². The Bertz CT molecular complexity index is 1030. The van der Waals surface area contributed by atoms with Gasteiger partial charge in [-0.25, -0.2) is 4.79 Å². The topological polar surface area (TPSA) is 245 Å². The molecule has 0 heterocycles. The highest BCUT2D eigenvalue weighted by Crippen LogP contribution is 2.13. The van der Waals surface area contributed by atoms with Gasteiger partial charge in [0.25, 0.3) is 0 Å². The van der Waals surface area contributed by atoms with E-state index in [4.69, 9.17) is 15.9 Å². The van der Waals surface area contributed by atoms with Crippen LogP contribution in [0.1, 0.15) is 51.5 Å². The van der Waals surface area contributed by atoms with Crippen LogP contribution in [-0.2, 0) is 35.2 Å². The third kappa shape index (κ3) is 11.8. The smallest absolute Gasteiger partial charge is 0.326 e. The zero-order valence-electron chi connectivity index (χ0n) is 21.8. The van der Waals surface area contributed by atoms with E-state index in [1.807, 2.05) is 6.92 Å². The molecule has 39 heavy (non-hydrogen) atoms. The molecule has 0 bridgehead atoms. The Balaban J connectivity index is 3.18. The summed E-state index contributed by atoms with van der Waals surface area (Å²) in [5, 5.41) is 43.8. The van der Waals surface area contributed by atoms with Crippen molar-refractivity contribution in [3.63, 3.8) is 0 Å². The van der Waals surface area contributed by atoms with Crippen LogP contribution in [-0.4, -0.2) is 80.2 Å². The van der Waals surface area contributed by atoms with Gasteiger partial charge >= 0.3 is 17.9 Å². The number of aliphatic carboxylic acids is 3. The summed E-state index contributed by atoms with van der Waals surface area (Å²) in [5.74, 6) is -6.84. The van der Waals surface area contributed by atoms with Gasteiger partial charge < -0.3 is 42.1 Å². The van der Waals surface area contributed by atoms with E-state index in [0.717, 1.165) is 0 Å². The lowest BCUT2D eigenvalue weighted by atomic mass is 9.98. The van der Waals surface area contributed by atoms with Crippen molar-refractivity contribution in [3.8, 4) is 5.75 Å². The number of phenols is 1. The maximum Gasteiger partial charge on any atom is 0.326 e. The van der Waals surface area contributed by atoms with Gasteiger partial charge in [0.05, 0.1) is 6.04 Å². The van der Waals surface area contributed by atoms with Gasteiger partial charge in [0.15, 0.2) is 0 Å². The fraction of sp³-hybridized carbons (Fsp3) is 0.520. The van der Waals surface area contributed by atoms with Crippen molar-refractivity contribution in [1.82, 2.24) is 16.0 Å². The lowest BCUT2D eigenvalue weighted by Gasteiger charge is -2.26. The summed E-state index contributed by atoms with van der Waals surface area (Å²) < 4.78 is 0. The van der Waals surface area contributed by atoms with Gasteiger partial charge in [-0.3, -0.25) is 24.0 Å². The number of hydrogen-bond donors (Lipinski definition) is 8. The van der Waals surface area contributed by atoms with Crippen molar-refractivity contribution in [2.24, 2.45) is 11.7 Å². The van der Waals surface area contributed by atoms with Crippen molar-refractivity contribution < 1.29 is 49.2 Å². The number of carbonyl (C=O) groups excluding carboxylic acids is 3. The number of phenolic OH excluding ortho intramolecular Hbond substituents is 1. The highest BCUT2D eigenvalue weighted by molar-refractivity contribution is 5.94. The number of benzene rings is 1. The molecule has 1 aromatic rings.